The van der Waals surface area contributed by atoms with Gasteiger partial charge in [0.2, 0.25) is 5.91 Å². The largest absolute Gasteiger partial charge is 0.480 e. The van der Waals surface area contributed by atoms with Gasteiger partial charge in [-0.3, -0.25) is 4.79 Å². The molecule has 2 aromatic carbocycles. The number of carbonyl (C=O) groups excluding carboxylic acids is 2. The molecule has 1 unspecified atom stereocenters. The van der Waals surface area contributed by atoms with Gasteiger partial charge in [0, 0.05) is 18.9 Å². The third-order valence-electron chi connectivity index (χ3n) is 5.31. The van der Waals surface area contributed by atoms with Crippen LogP contribution in [0.1, 0.15) is 43.7 Å². The summed E-state index contributed by atoms with van der Waals surface area (Å²) in [4.78, 5) is 35.4. The first kappa shape index (κ1) is 22.3. The maximum Gasteiger partial charge on any atom is 0.407 e. The second-order valence-corrected chi connectivity index (χ2v) is 8.09. The van der Waals surface area contributed by atoms with Crippen LogP contribution in [0, 0.1) is 5.92 Å². The van der Waals surface area contributed by atoms with Crippen LogP contribution in [0.5, 0.6) is 0 Å². The Bertz CT molecular complexity index is 911. The van der Waals surface area contributed by atoms with Crippen molar-refractivity contribution in [3.63, 3.8) is 0 Å². The number of nitrogens with one attached hydrogen (secondary N) is 2. The third kappa shape index (κ3) is 5.63. The molecule has 1 atom stereocenters. The molecule has 3 rings (SSSR count). The molecule has 31 heavy (non-hydrogen) atoms. The van der Waals surface area contributed by atoms with E-state index in [2.05, 4.69) is 22.8 Å². The second-order valence-electron chi connectivity index (χ2n) is 8.09. The summed E-state index contributed by atoms with van der Waals surface area (Å²) in [6, 6.07) is 15.2. The Hall–Kier alpha value is -3.35. The molecule has 0 fully saturated rings. The number of carboxylic acid groups (broad SMARTS) is 1. The average Bonchev–Trinajstić information content (AvgIpc) is 3.05. The van der Waals surface area contributed by atoms with E-state index in [9.17, 15) is 19.5 Å². The molecule has 0 radical (unpaired) electrons. The molecule has 0 bridgehead atoms. The van der Waals surface area contributed by atoms with Gasteiger partial charge in [-0.1, -0.05) is 62.4 Å². The fraction of sp³-hybridized carbons (Fsp3) is 0.375. The van der Waals surface area contributed by atoms with Crippen molar-refractivity contribution in [3.8, 4) is 11.1 Å². The number of amides is 2. The molecule has 2 amide bonds. The smallest absolute Gasteiger partial charge is 0.407 e. The molecule has 3 N–H and O–H groups in total. The van der Waals surface area contributed by atoms with Crippen LogP contribution in [0.25, 0.3) is 11.1 Å². The van der Waals surface area contributed by atoms with E-state index in [0.717, 1.165) is 22.3 Å². The minimum atomic E-state index is -1.06. The van der Waals surface area contributed by atoms with E-state index in [4.69, 9.17) is 4.74 Å². The molecule has 0 aromatic heterocycles. The summed E-state index contributed by atoms with van der Waals surface area (Å²) in [5.74, 6) is -1.38. The third-order valence-corrected chi connectivity index (χ3v) is 5.31. The molecular formula is C24H28N2O5. The highest BCUT2D eigenvalue weighted by Crippen LogP contribution is 2.44. The quantitative estimate of drug-likeness (QED) is 0.571. The Labute approximate surface area is 181 Å². The topological polar surface area (TPSA) is 105 Å². The van der Waals surface area contributed by atoms with Crippen LogP contribution in [-0.2, 0) is 14.3 Å². The number of carboxylic acids is 1. The van der Waals surface area contributed by atoms with Gasteiger partial charge in [-0.05, 0) is 34.6 Å². The number of rotatable bonds is 9. The van der Waals surface area contributed by atoms with Crippen molar-refractivity contribution in [2.75, 3.05) is 13.2 Å². The van der Waals surface area contributed by atoms with Gasteiger partial charge in [0.15, 0.2) is 0 Å². The van der Waals surface area contributed by atoms with Crippen molar-refractivity contribution in [2.45, 2.75) is 38.6 Å². The first-order chi connectivity index (χ1) is 14.9. The van der Waals surface area contributed by atoms with Gasteiger partial charge in [-0.15, -0.1) is 0 Å². The standard InChI is InChI=1S/C24H28N2O5/c1-15(2)13-21(23(28)29)26-22(27)11-12-25-24(30)31-14-20-18-9-5-3-7-16(18)17-8-4-6-10-19(17)20/h3-10,15,20-21H,11-14H2,1-2H3,(H,25,30)(H,26,27)(H,28,29). The number of carbonyl (C=O) groups is 3. The van der Waals surface area contributed by atoms with Crippen molar-refractivity contribution >= 4 is 18.0 Å². The number of alkyl carbamates (subject to hydrolysis) is 1. The summed E-state index contributed by atoms with van der Waals surface area (Å²) in [7, 11) is 0. The monoisotopic (exact) mass is 424 g/mol. The van der Waals surface area contributed by atoms with Crippen LogP contribution < -0.4 is 10.6 Å². The average molecular weight is 424 g/mol. The highest BCUT2D eigenvalue weighted by molar-refractivity contribution is 5.84. The van der Waals surface area contributed by atoms with Gasteiger partial charge in [0.25, 0.3) is 0 Å². The molecule has 1 aliphatic rings. The van der Waals surface area contributed by atoms with E-state index in [1.54, 1.807) is 0 Å². The van der Waals surface area contributed by atoms with Crippen LogP contribution in [-0.4, -0.2) is 42.3 Å². The molecule has 2 aromatic rings. The van der Waals surface area contributed by atoms with E-state index in [1.165, 1.54) is 0 Å². The summed E-state index contributed by atoms with van der Waals surface area (Å²) in [6.07, 6.45) is -0.279. The minimum absolute atomic E-state index is 0.0218. The van der Waals surface area contributed by atoms with Crippen molar-refractivity contribution in [2.24, 2.45) is 5.92 Å². The molecule has 164 valence electrons. The lowest BCUT2D eigenvalue weighted by Crippen LogP contribution is -2.42. The lowest BCUT2D eigenvalue weighted by atomic mass is 9.98. The lowest BCUT2D eigenvalue weighted by Gasteiger charge is -2.17. The molecule has 1 aliphatic carbocycles. The highest BCUT2D eigenvalue weighted by atomic mass is 16.5. The zero-order valence-corrected chi connectivity index (χ0v) is 17.8. The van der Waals surface area contributed by atoms with Gasteiger partial charge in [0.1, 0.15) is 12.6 Å². The van der Waals surface area contributed by atoms with Gasteiger partial charge in [-0.25, -0.2) is 9.59 Å². The molecule has 0 heterocycles. The van der Waals surface area contributed by atoms with Gasteiger partial charge in [-0.2, -0.15) is 0 Å². The molecule has 0 spiro atoms. The molecular weight excluding hydrogens is 396 g/mol. The number of aliphatic carboxylic acids is 1. The summed E-state index contributed by atoms with van der Waals surface area (Å²) in [6.45, 7) is 4.04. The fourth-order valence-electron chi connectivity index (χ4n) is 3.89. The summed E-state index contributed by atoms with van der Waals surface area (Å²) >= 11 is 0. The van der Waals surface area contributed by atoms with E-state index in [1.807, 2.05) is 50.2 Å². The van der Waals surface area contributed by atoms with Crippen LogP contribution in [0.3, 0.4) is 0 Å². The highest BCUT2D eigenvalue weighted by Gasteiger charge is 2.29. The molecule has 7 heteroatoms. The Morgan fingerprint density at radius 1 is 1.00 bits per heavy atom. The Balaban J connectivity index is 1.47. The number of fused-ring (bicyclic) bond motifs is 3. The van der Waals surface area contributed by atoms with Gasteiger partial charge in [0.05, 0.1) is 0 Å². The SMILES string of the molecule is CC(C)CC(NC(=O)CCNC(=O)OCC1c2ccccc2-c2ccccc21)C(=O)O. The minimum Gasteiger partial charge on any atom is -0.480 e. The molecule has 7 nitrogen and oxygen atoms in total. The predicted molar refractivity (Wildman–Crippen MR) is 117 cm³/mol. The van der Waals surface area contributed by atoms with Crippen LogP contribution in [0.4, 0.5) is 4.79 Å². The van der Waals surface area contributed by atoms with Crippen molar-refractivity contribution in [1.29, 1.82) is 0 Å². The Morgan fingerprint density at radius 3 is 2.13 bits per heavy atom. The van der Waals surface area contributed by atoms with Gasteiger partial charge < -0.3 is 20.5 Å². The maximum absolute atomic E-state index is 12.1. The zero-order chi connectivity index (χ0) is 22.4. The number of ether oxygens (including phenoxy) is 1. The van der Waals surface area contributed by atoms with E-state index in [0.29, 0.717) is 6.42 Å². The Morgan fingerprint density at radius 2 is 1.58 bits per heavy atom. The Kier molecular flexibility index (Phi) is 7.28. The first-order valence-corrected chi connectivity index (χ1v) is 10.5. The normalized spacial score (nSPS) is 13.3. The van der Waals surface area contributed by atoms with Crippen LogP contribution >= 0.6 is 0 Å². The number of hydrogen-bond acceptors (Lipinski definition) is 4. The fourth-order valence-corrected chi connectivity index (χ4v) is 3.89. The van der Waals surface area contributed by atoms with Crippen molar-refractivity contribution < 1.29 is 24.2 Å². The van der Waals surface area contributed by atoms with Crippen LogP contribution in [0.2, 0.25) is 0 Å². The maximum atomic E-state index is 12.1. The summed E-state index contributed by atoms with van der Waals surface area (Å²) in [5, 5.41) is 14.2. The first-order valence-electron chi connectivity index (χ1n) is 10.5. The molecule has 0 aliphatic heterocycles. The van der Waals surface area contributed by atoms with E-state index < -0.39 is 24.0 Å². The van der Waals surface area contributed by atoms with Crippen LogP contribution in [0.15, 0.2) is 48.5 Å². The number of hydrogen-bond donors (Lipinski definition) is 3. The van der Waals surface area contributed by atoms with Gasteiger partial charge >= 0.3 is 12.1 Å². The summed E-state index contributed by atoms with van der Waals surface area (Å²) in [5.41, 5.74) is 4.55. The molecule has 0 saturated heterocycles. The zero-order valence-electron chi connectivity index (χ0n) is 17.8. The van der Waals surface area contributed by atoms with E-state index in [-0.39, 0.29) is 31.4 Å². The number of benzene rings is 2. The molecule has 0 saturated carbocycles. The lowest BCUT2D eigenvalue weighted by molar-refractivity contribution is -0.142. The van der Waals surface area contributed by atoms with Crippen molar-refractivity contribution in [3.05, 3.63) is 59.7 Å². The summed E-state index contributed by atoms with van der Waals surface area (Å²) < 4.78 is 5.42. The van der Waals surface area contributed by atoms with E-state index >= 15 is 0 Å². The predicted octanol–water partition coefficient (Wildman–Crippen LogP) is 3.53. The second kappa shape index (κ2) is 10.1. The van der Waals surface area contributed by atoms with Crippen molar-refractivity contribution in [1.82, 2.24) is 10.6 Å².